The van der Waals surface area contributed by atoms with Crippen LogP contribution in [0, 0.1) is 0 Å². The van der Waals surface area contributed by atoms with E-state index in [9.17, 15) is 0 Å². The van der Waals surface area contributed by atoms with Gasteiger partial charge in [0.05, 0.1) is 7.11 Å². The molecule has 106 valence electrons. The summed E-state index contributed by atoms with van der Waals surface area (Å²) in [6.45, 7) is 0.548. The van der Waals surface area contributed by atoms with Crippen molar-refractivity contribution in [3.63, 3.8) is 0 Å². The Morgan fingerprint density at radius 1 is 0.810 bits per heavy atom. The van der Waals surface area contributed by atoms with E-state index in [1.54, 1.807) is 7.11 Å². The Labute approximate surface area is 132 Å². The van der Waals surface area contributed by atoms with Gasteiger partial charge in [0.2, 0.25) is 0 Å². The van der Waals surface area contributed by atoms with E-state index in [1.807, 2.05) is 36.4 Å². The Hall–Kier alpha value is -2.00. The van der Waals surface area contributed by atoms with E-state index in [1.165, 1.54) is 10.8 Å². The van der Waals surface area contributed by atoms with Crippen LogP contribution in [0.1, 0.15) is 5.56 Å². The molecule has 0 unspecified atom stereocenters. The molecular weight excluding hydrogens is 328 g/mol. The van der Waals surface area contributed by atoms with Crippen LogP contribution in [0.25, 0.3) is 10.8 Å². The summed E-state index contributed by atoms with van der Waals surface area (Å²) in [5.41, 5.74) is 1.12. The average Bonchev–Trinajstić information content (AvgIpc) is 2.53. The molecule has 3 heteroatoms. The number of hydrogen-bond acceptors (Lipinski definition) is 2. The van der Waals surface area contributed by atoms with Gasteiger partial charge >= 0.3 is 0 Å². The smallest absolute Gasteiger partial charge is 0.120 e. The lowest BCUT2D eigenvalue weighted by atomic mass is 10.1. The van der Waals surface area contributed by atoms with E-state index in [0.717, 1.165) is 21.5 Å². The molecule has 0 N–H and O–H groups in total. The van der Waals surface area contributed by atoms with Gasteiger partial charge < -0.3 is 9.47 Å². The minimum atomic E-state index is 0.548. The lowest BCUT2D eigenvalue weighted by Crippen LogP contribution is -1.95. The first-order valence-corrected chi connectivity index (χ1v) is 7.49. The quantitative estimate of drug-likeness (QED) is 0.649. The Morgan fingerprint density at radius 2 is 1.48 bits per heavy atom. The van der Waals surface area contributed by atoms with Crippen LogP contribution in [-0.2, 0) is 6.61 Å². The summed E-state index contributed by atoms with van der Waals surface area (Å²) in [6.07, 6.45) is 0. The van der Waals surface area contributed by atoms with Gasteiger partial charge in [-0.2, -0.15) is 0 Å². The van der Waals surface area contributed by atoms with Crippen LogP contribution in [0.4, 0.5) is 0 Å². The minimum absolute atomic E-state index is 0.548. The maximum atomic E-state index is 5.85. The molecule has 0 saturated carbocycles. The molecule has 3 rings (SSSR count). The molecule has 2 nitrogen and oxygen atoms in total. The average molecular weight is 343 g/mol. The molecule has 0 spiro atoms. The molecule has 0 saturated heterocycles. The summed E-state index contributed by atoms with van der Waals surface area (Å²) in [5.74, 6) is 1.73. The first kappa shape index (κ1) is 14.0. The third-order valence-corrected chi connectivity index (χ3v) is 3.83. The van der Waals surface area contributed by atoms with Crippen molar-refractivity contribution in [2.24, 2.45) is 0 Å². The number of fused-ring (bicyclic) bond motifs is 1. The molecule has 0 bridgehead atoms. The van der Waals surface area contributed by atoms with Crippen molar-refractivity contribution >= 4 is 26.7 Å². The standard InChI is InChI=1S/C18H15BrO2/c1-20-17-7-2-13(3-8-17)12-21-18-9-5-14-10-16(19)6-4-15(14)11-18/h2-11H,12H2,1H3. The highest BCUT2D eigenvalue weighted by Crippen LogP contribution is 2.24. The van der Waals surface area contributed by atoms with Crippen LogP contribution in [0.2, 0.25) is 0 Å². The van der Waals surface area contributed by atoms with Crippen LogP contribution < -0.4 is 9.47 Å². The number of rotatable bonds is 4. The van der Waals surface area contributed by atoms with E-state index >= 15 is 0 Å². The van der Waals surface area contributed by atoms with Gasteiger partial charge in [0, 0.05) is 4.47 Å². The van der Waals surface area contributed by atoms with Gasteiger partial charge in [0.1, 0.15) is 18.1 Å². The Bertz CT molecular complexity index is 751. The van der Waals surface area contributed by atoms with Gasteiger partial charge in [-0.3, -0.25) is 0 Å². The Morgan fingerprint density at radius 3 is 2.24 bits per heavy atom. The SMILES string of the molecule is COc1ccc(COc2ccc3cc(Br)ccc3c2)cc1. The molecule has 0 aliphatic heterocycles. The molecular formula is C18H15BrO2. The largest absolute Gasteiger partial charge is 0.497 e. The Kier molecular flexibility index (Phi) is 4.11. The number of ether oxygens (including phenoxy) is 2. The summed E-state index contributed by atoms with van der Waals surface area (Å²) in [5, 5.41) is 2.37. The fraction of sp³-hybridized carbons (Fsp3) is 0.111. The normalized spacial score (nSPS) is 10.6. The van der Waals surface area contributed by atoms with Crippen molar-refractivity contribution in [3.8, 4) is 11.5 Å². The van der Waals surface area contributed by atoms with Crippen molar-refractivity contribution in [2.75, 3.05) is 7.11 Å². The van der Waals surface area contributed by atoms with Crippen molar-refractivity contribution in [1.82, 2.24) is 0 Å². The maximum Gasteiger partial charge on any atom is 0.120 e. The van der Waals surface area contributed by atoms with E-state index in [0.29, 0.717) is 6.61 Å². The predicted molar refractivity (Wildman–Crippen MR) is 89.0 cm³/mol. The minimum Gasteiger partial charge on any atom is -0.497 e. The lowest BCUT2D eigenvalue weighted by molar-refractivity contribution is 0.306. The van der Waals surface area contributed by atoms with Gasteiger partial charge in [0.15, 0.2) is 0 Å². The third-order valence-electron chi connectivity index (χ3n) is 3.34. The predicted octanol–water partition coefficient (Wildman–Crippen LogP) is 5.19. The number of hydrogen-bond donors (Lipinski definition) is 0. The highest BCUT2D eigenvalue weighted by molar-refractivity contribution is 9.10. The number of methoxy groups -OCH3 is 1. The van der Waals surface area contributed by atoms with Gasteiger partial charge in [-0.25, -0.2) is 0 Å². The molecule has 0 aliphatic rings. The zero-order valence-electron chi connectivity index (χ0n) is 11.7. The van der Waals surface area contributed by atoms with Crippen molar-refractivity contribution < 1.29 is 9.47 Å². The van der Waals surface area contributed by atoms with Crippen LogP contribution in [0.3, 0.4) is 0 Å². The zero-order chi connectivity index (χ0) is 14.7. The summed E-state index contributed by atoms with van der Waals surface area (Å²) in [7, 11) is 1.67. The molecule has 21 heavy (non-hydrogen) atoms. The fourth-order valence-corrected chi connectivity index (χ4v) is 2.55. The highest BCUT2D eigenvalue weighted by atomic mass is 79.9. The monoisotopic (exact) mass is 342 g/mol. The van der Waals surface area contributed by atoms with Gasteiger partial charge in [-0.15, -0.1) is 0 Å². The van der Waals surface area contributed by atoms with Crippen LogP contribution in [0.5, 0.6) is 11.5 Å². The summed E-state index contributed by atoms with van der Waals surface area (Å²) in [6, 6.07) is 20.3. The molecule has 0 heterocycles. The van der Waals surface area contributed by atoms with E-state index in [4.69, 9.17) is 9.47 Å². The van der Waals surface area contributed by atoms with Crippen LogP contribution in [0.15, 0.2) is 65.1 Å². The molecule has 0 amide bonds. The van der Waals surface area contributed by atoms with Gasteiger partial charge in [-0.05, 0) is 52.7 Å². The molecule has 3 aromatic rings. The van der Waals surface area contributed by atoms with E-state index in [-0.39, 0.29) is 0 Å². The molecule has 0 aliphatic carbocycles. The lowest BCUT2D eigenvalue weighted by Gasteiger charge is -2.08. The highest BCUT2D eigenvalue weighted by Gasteiger charge is 2.00. The number of benzene rings is 3. The number of halogens is 1. The summed E-state index contributed by atoms with van der Waals surface area (Å²) >= 11 is 3.48. The Balaban J connectivity index is 1.73. The first-order chi connectivity index (χ1) is 10.2. The summed E-state index contributed by atoms with van der Waals surface area (Å²) < 4.78 is 12.1. The second kappa shape index (κ2) is 6.19. The van der Waals surface area contributed by atoms with Crippen molar-refractivity contribution in [1.29, 1.82) is 0 Å². The topological polar surface area (TPSA) is 18.5 Å². The van der Waals surface area contributed by atoms with Crippen LogP contribution >= 0.6 is 15.9 Å². The second-order valence-electron chi connectivity index (χ2n) is 4.79. The molecule has 0 atom stereocenters. The molecule has 0 fully saturated rings. The maximum absolute atomic E-state index is 5.85. The van der Waals surface area contributed by atoms with Gasteiger partial charge in [-0.1, -0.05) is 40.2 Å². The molecule has 0 aromatic heterocycles. The first-order valence-electron chi connectivity index (χ1n) is 6.70. The third kappa shape index (κ3) is 3.37. The summed E-state index contributed by atoms with van der Waals surface area (Å²) in [4.78, 5) is 0. The zero-order valence-corrected chi connectivity index (χ0v) is 13.3. The van der Waals surface area contributed by atoms with Gasteiger partial charge in [0.25, 0.3) is 0 Å². The van der Waals surface area contributed by atoms with Crippen molar-refractivity contribution in [3.05, 3.63) is 70.7 Å². The fourth-order valence-electron chi connectivity index (χ4n) is 2.17. The second-order valence-corrected chi connectivity index (χ2v) is 5.71. The van der Waals surface area contributed by atoms with E-state index in [2.05, 4.69) is 40.2 Å². The van der Waals surface area contributed by atoms with E-state index < -0.39 is 0 Å². The van der Waals surface area contributed by atoms with Crippen molar-refractivity contribution in [2.45, 2.75) is 6.61 Å². The van der Waals surface area contributed by atoms with Crippen LogP contribution in [-0.4, -0.2) is 7.11 Å². The molecule has 3 aromatic carbocycles. The molecule has 0 radical (unpaired) electrons.